The molecule has 5 nitrogen and oxygen atoms in total. The fourth-order valence-electron chi connectivity index (χ4n) is 3.01. The summed E-state index contributed by atoms with van der Waals surface area (Å²) in [5.41, 5.74) is 4.53. The molecule has 0 aromatic heterocycles. The number of ether oxygens (including phenoxy) is 1. The molecule has 172 valence electrons. The van der Waals surface area contributed by atoms with Crippen molar-refractivity contribution in [2.24, 2.45) is 0 Å². The molecule has 4 rings (SSSR count). The Morgan fingerprint density at radius 2 is 1.74 bits per heavy atom. The molecule has 3 aromatic rings. The first-order chi connectivity index (χ1) is 16.3. The second kappa shape index (κ2) is 10.8. The molecule has 1 N–H and O–H groups in total. The number of halogens is 3. The Labute approximate surface area is 221 Å². The number of nitrogens with one attached hydrogen (secondary N) is 1. The number of hydrazine groups is 1. The Balaban J connectivity index is 1.47. The van der Waals surface area contributed by atoms with Crippen LogP contribution in [0.1, 0.15) is 21.5 Å². The van der Waals surface area contributed by atoms with Crippen LogP contribution < -0.4 is 10.2 Å². The van der Waals surface area contributed by atoms with Crippen LogP contribution in [0.15, 0.2) is 80.6 Å². The zero-order chi connectivity index (χ0) is 24.2. The number of rotatable bonds is 6. The number of hydrogen-bond donors (Lipinski definition) is 1. The van der Waals surface area contributed by atoms with E-state index in [9.17, 15) is 14.0 Å². The van der Waals surface area contributed by atoms with Crippen LogP contribution >= 0.6 is 55.8 Å². The molecular weight excluding hydrogens is 607 g/mol. The molecule has 0 bridgehead atoms. The standard InChI is InChI=1S/C24H15Br2FN2O3S2/c25-18-10-15(11-19(26)21(18)32-13-14-6-8-17(27)9-7-14)12-20-23(31)29(24(33)34-20)28-22(30)16-4-2-1-3-5-16/h1-12H,13H2,(H,28,30)/b20-12+. The monoisotopic (exact) mass is 620 g/mol. The number of carbonyl (C=O) groups is 2. The average molecular weight is 622 g/mol. The van der Waals surface area contributed by atoms with E-state index < -0.39 is 11.8 Å². The highest BCUT2D eigenvalue weighted by Crippen LogP contribution is 2.38. The first kappa shape index (κ1) is 24.6. The predicted octanol–water partition coefficient (Wildman–Crippen LogP) is 6.48. The van der Waals surface area contributed by atoms with Crippen molar-refractivity contribution < 1.29 is 18.7 Å². The summed E-state index contributed by atoms with van der Waals surface area (Å²) < 4.78 is 20.5. The summed E-state index contributed by atoms with van der Waals surface area (Å²) in [4.78, 5) is 25.7. The number of hydrogen-bond acceptors (Lipinski definition) is 5. The van der Waals surface area contributed by atoms with Gasteiger partial charge in [-0.3, -0.25) is 15.0 Å². The van der Waals surface area contributed by atoms with Crippen LogP contribution in [0.25, 0.3) is 6.08 Å². The van der Waals surface area contributed by atoms with E-state index in [0.29, 0.717) is 25.2 Å². The van der Waals surface area contributed by atoms with Crippen LogP contribution in [0, 0.1) is 5.82 Å². The quantitative estimate of drug-likeness (QED) is 0.252. The van der Waals surface area contributed by atoms with Crippen molar-refractivity contribution in [1.29, 1.82) is 0 Å². The maximum atomic E-state index is 13.1. The van der Waals surface area contributed by atoms with Gasteiger partial charge in [-0.15, -0.1) is 0 Å². The molecule has 1 saturated heterocycles. The molecule has 0 spiro atoms. The second-order valence-corrected chi connectivity index (χ2v) is 10.4. The summed E-state index contributed by atoms with van der Waals surface area (Å²) in [7, 11) is 0. The third-order valence-corrected chi connectivity index (χ3v) is 7.14. The lowest BCUT2D eigenvalue weighted by molar-refractivity contribution is -0.123. The van der Waals surface area contributed by atoms with Gasteiger partial charge in [-0.05, 0) is 97.7 Å². The Morgan fingerprint density at radius 3 is 2.38 bits per heavy atom. The molecule has 0 atom stereocenters. The van der Waals surface area contributed by atoms with Crippen molar-refractivity contribution in [3.8, 4) is 5.75 Å². The average Bonchev–Trinajstić information content (AvgIpc) is 3.07. The lowest BCUT2D eigenvalue weighted by atomic mass is 10.2. The maximum Gasteiger partial charge on any atom is 0.285 e. The lowest BCUT2D eigenvalue weighted by Crippen LogP contribution is -2.44. The first-order valence-electron chi connectivity index (χ1n) is 9.82. The normalized spacial score (nSPS) is 14.6. The van der Waals surface area contributed by atoms with Gasteiger partial charge in [0.15, 0.2) is 4.32 Å². The van der Waals surface area contributed by atoms with Crippen LogP contribution in [-0.2, 0) is 11.4 Å². The van der Waals surface area contributed by atoms with Crippen molar-refractivity contribution in [2.75, 3.05) is 0 Å². The number of thiocarbonyl (C=S) groups is 1. The van der Waals surface area contributed by atoms with E-state index in [4.69, 9.17) is 17.0 Å². The Hall–Kier alpha value is -2.53. The third-order valence-electron chi connectivity index (χ3n) is 4.66. The summed E-state index contributed by atoms with van der Waals surface area (Å²) in [6.45, 7) is 0.261. The van der Waals surface area contributed by atoms with Gasteiger partial charge in [0.25, 0.3) is 11.8 Å². The van der Waals surface area contributed by atoms with Crippen molar-refractivity contribution in [3.05, 3.63) is 103 Å². The smallest absolute Gasteiger partial charge is 0.285 e. The summed E-state index contributed by atoms with van der Waals surface area (Å²) >= 11 is 13.4. The van der Waals surface area contributed by atoms with Gasteiger partial charge in [-0.25, -0.2) is 4.39 Å². The summed E-state index contributed by atoms with van der Waals surface area (Å²) in [6, 6.07) is 18.3. The van der Waals surface area contributed by atoms with Crippen LogP contribution in [-0.4, -0.2) is 21.1 Å². The van der Waals surface area contributed by atoms with Gasteiger partial charge >= 0.3 is 0 Å². The zero-order valence-electron chi connectivity index (χ0n) is 17.3. The second-order valence-electron chi connectivity index (χ2n) is 7.05. The van der Waals surface area contributed by atoms with Crippen molar-refractivity contribution in [2.45, 2.75) is 6.61 Å². The van der Waals surface area contributed by atoms with Gasteiger partial charge in [0.05, 0.1) is 13.9 Å². The summed E-state index contributed by atoms with van der Waals surface area (Å²) in [5.74, 6) is -0.570. The highest BCUT2D eigenvalue weighted by Gasteiger charge is 2.33. The molecule has 0 saturated carbocycles. The predicted molar refractivity (Wildman–Crippen MR) is 141 cm³/mol. The van der Waals surface area contributed by atoms with Crippen molar-refractivity contribution in [3.63, 3.8) is 0 Å². The van der Waals surface area contributed by atoms with Gasteiger partial charge < -0.3 is 4.74 Å². The Morgan fingerprint density at radius 1 is 1.09 bits per heavy atom. The number of carbonyl (C=O) groups excluding carboxylic acids is 2. The van der Waals surface area contributed by atoms with Gasteiger partial charge in [-0.2, -0.15) is 5.01 Å². The number of benzene rings is 3. The first-order valence-corrected chi connectivity index (χ1v) is 12.6. The molecule has 1 aliphatic heterocycles. The molecule has 3 aromatic carbocycles. The van der Waals surface area contributed by atoms with E-state index in [2.05, 4.69) is 37.3 Å². The number of amides is 2. The Bertz CT molecular complexity index is 1280. The highest BCUT2D eigenvalue weighted by molar-refractivity contribution is 9.11. The van der Waals surface area contributed by atoms with Crippen LogP contribution in [0.2, 0.25) is 0 Å². The number of nitrogens with zero attached hydrogens (tertiary/aromatic N) is 1. The fraction of sp³-hybridized carbons (Fsp3) is 0.0417. The van der Waals surface area contributed by atoms with Gasteiger partial charge in [0, 0.05) is 5.56 Å². The maximum absolute atomic E-state index is 13.1. The molecule has 2 amide bonds. The molecule has 0 unspecified atom stereocenters. The molecular formula is C24H15Br2FN2O3S2. The van der Waals surface area contributed by atoms with E-state index in [1.165, 1.54) is 12.1 Å². The molecule has 1 heterocycles. The minimum Gasteiger partial charge on any atom is -0.487 e. The highest BCUT2D eigenvalue weighted by atomic mass is 79.9. The molecule has 1 fully saturated rings. The zero-order valence-corrected chi connectivity index (χ0v) is 22.1. The minimum atomic E-state index is -0.425. The van der Waals surface area contributed by atoms with Gasteiger partial charge in [-0.1, -0.05) is 42.1 Å². The Kier molecular flexibility index (Phi) is 7.82. The van der Waals surface area contributed by atoms with Crippen molar-refractivity contribution in [1.82, 2.24) is 10.4 Å². The number of thioether (sulfide) groups is 1. The molecule has 10 heteroatoms. The molecule has 0 aliphatic carbocycles. The van der Waals surface area contributed by atoms with Gasteiger partial charge in [0.1, 0.15) is 18.2 Å². The van der Waals surface area contributed by atoms with Crippen LogP contribution in [0.5, 0.6) is 5.75 Å². The van der Waals surface area contributed by atoms with E-state index in [1.54, 1.807) is 60.7 Å². The van der Waals surface area contributed by atoms with E-state index in [-0.39, 0.29) is 16.7 Å². The minimum absolute atomic E-state index is 0.234. The van der Waals surface area contributed by atoms with Crippen LogP contribution in [0.3, 0.4) is 0 Å². The fourth-order valence-corrected chi connectivity index (χ4v) is 5.64. The molecule has 1 aliphatic rings. The van der Waals surface area contributed by atoms with E-state index in [0.717, 1.165) is 27.9 Å². The molecule has 34 heavy (non-hydrogen) atoms. The van der Waals surface area contributed by atoms with Crippen LogP contribution in [0.4, 0.5) is 4.39 Å². The van der Waals surface area contributed by atoms with Gasteiger partial charge in [0.2, 0.25) is 0 Å². The summed E-state index contributed by atoms with van der Waals surface area (Å²) in [6.07, 6.45) is 1.69. The molecule has 0 radical (unpaired) electrons. The SMILES string of the molecule is O=C(NN1C(=O)/C(=C\c2cc(Br)c(OCc3ccc(F)cc3)c(Br)c2)SC1=S)c1ccccc1. The third kappa shape index (κ3) is 5.75. The topological polar surface area (TPSA) is 58.6 Å². The van der Waals surface area contributed by atoms with E-state index >= 15 is 0 Å². The van der Waals surface area contributed by atoms with Crippen molar-refractivity contribution >= 4 is 78.1 Å². The summed E-state index contributed by atoms with van der Waals surface area (Å²) in [5, 5.41) is 1.07. The lowest BCUT2D eigenvalue weighted by Gasteiger charge is -2.15. The largest absolute Gasteiger partial charge is 0.487 e. The van der Waals surface area contributed by atoms with E-state index in [1.807, 2.05) is 0 Å².